The highest BCUT2D eigenvalue weighted by atomic mass is 16.5. The van der Waals surface area contributed by atoms with E-state index in [1.807, 2.05) is 26.0 Å². The maximum absolute atomic E-state index is 12.9. The quantitative estimate of drug-likeness (QED) is 0.826. The number of ether oxygens (including phenoxy) is 2. The Kier molecular flexibility index (Phi) is 5.92. The molecular weight excluding hydrogens is 360 g/mol. The molecule has 1 aromatic heterocycles. The van der Waals surface area contributed by atoms with Crippen LogP contribution >= 0.6 is 0 Å². The number of likely N-dealkylation sites (tertiary alicyclic amines) is 1. The lowest BCUT2D eigenvalue weighted by molar-refractivity contribution is -0.125. The van der Waals surface area contributed by atoms with Crippen molar-refractivity contribution >= 4 is 11.8 Å². The summed E-state index contributed by atoms with van der Waals surface area (Å²) in [5, 5.41) is 2.97. The second-order valence-electron chi connectivity index (χ2n) is 7.17. The molecule has 1 aliphatic rings. The summed E-state index contributed by atoms with van der Waals surface area (Å²) in [4.78, 5) is 27.3. The monoisotopic (exact) mass is 386 g/mol. The topological polar surface area (TPSA) is 81.0 Å². The summed E-state index contributed by atoms with van der Waals surface area (Å²) in [7, 11) is 3.18. The van der Waals surface area contributed by atoms with Gasteiger partial charge in [-0.2, -0.15) is 0 Å². The summed E-state index contributed by atoms with van der Waals surface area (Å²) in [6.07, 6.45) is 1.47. The molecule has 28 heavy (non-hydrogen) atoms. The molecule has 1 saturated heterocycles. The third kappa shape index (κ3) is 3.98. The number of amides is 2. The van der Waals surface area contributed by atoms with Gasteiger partial charge in [0.2, 0.25) is 5.91 Å². The molecule has 1 fully saturated rings. The van der Waals surface area contributed by atoms with E-state index in [1.165, 1.54) is 6.26 Å². The van der Waals surface area contributed by atoms with Gasteiger partial charge in [0.05, 0.1) is 26.4 Å². The Labute approximate surface area is 164 Å². The van der Waals surface area contributed by atoms with Gasteiger partial charge in [-0.1, -0.05) is 6.07 Å². The largest absolute Gasteiger partial charge is 0.497 e. The maximum Gasteiger partial charge on any atom is 0.289 e. The Bertz CT molecular complexity index is 831. The number of hydrogen-bond acceptors (Lipinski definition) is 5. The van der Waals surface area contributed by atoms with Crippen LogP contribution in [0.4, 0.5) is 0 Å². The van der Waals surface area contributed by atoms with Crippen molar-refractivity contribution < 1.29 is 23.5 Å². The van der Waals surface area contributed by atoms with Crippen LogP contribution in [0.1, 0.15) is 35.9 Å². The smallest absolute Gasteiger partial charge is 0.289 e. The second-order valence-corrected chi connectivity index (χ2v) is 7.17. The van der Waals surface area contributed by atoms with E-state index >= 15 is 0 Å². The molecule has 1 N–H and O–H groups in total. The summed E-state index contributed by atoms with van der Waals surface area (Å²) >= 11 is 0. The first-order valence-electron chi connectivity index (χ1n) is 9.29. The molecule has 0 saturated carbocycles. The van der Waals surface area contributed by atoms with E-state index in [9.17, 15) is 9.59 Å². The van der Waals surface area contributed by atoms with E-state index in [1.54, 1.807) is 37.3 Å². The predicted molar refractivity (Wildman–Crippen MR) is 104 cm³/mol. The van der Waals surface area contributed by atoms with Crippen molar-refractivity contribution in [1.82, 2.24) is 10.2 Å². The van der Waals surface area contributed by atoms with E-state index < -0.39 is 0 Å². The van der Waals surface area contributed by atoms with Gasteiger partial charge in [-0.25, -0.2) is 0 Å². The average molecular weight is 386 g/mol. The summed E-state index contributed by atoms with van der Waals surface area (Å²) in [6.45, 7) is 4.56. The van der Waals surface area contributed by atoms with Crippen LogP contribution in [0, 0.1) is 5.92 Å². The molecule has 2 amide bonds. The first-order valence-corrected chi connectivity index (χ1v) is 9.29. The first kappa shape index (κ1) is 19.8. The fourth-order valence-corrected chi connectivity index (χ4v) is 3.62. The highest BCUT2D eigenvalue weighted by molar-refractivity contribution is 5.93. The Morgan fingerprint density at radius 1 is 1.18 bits per heavy atom. The van der Waals surface area contributed by atoms with Crippen LogP contribution in [0.5, 0.6) is 11.5 Å². The summed E-state index contributed by atoms with van der Waals surface area (Å²) in [5.41, 5.74) is 0.877. The molecule has 0 bridgehead atoms. The molecule has 3 rings (SSSR count). The molecule has 1 aliphatic heterocycles. The number of furan rings is 1. The van der Waals surface area contributed by atoms with Crippen molar-refractivity contribution in [3.63, 3.8) is 0 Å². The molecule has 2 heterocycles. The number of rotatable bonds is 6. The summed E-state index contributed by atoms with van der Waals surface area (Å²) in [6, 6.07) is 8.86. The van der Waals surface area contributed by atoms with Gasteiger partial charge < -0.3 is 24.1 Å². The Hall–Kier alpha value is -2.96. The van der Waals surface area contributed by atoms with E-state index in [0.717, 1.165) is 5.56 Å². The van der Waals surface area contributed by atoms with Gasteiger partial charge in [-0.15, -0.1) is 0 Å². The predicted octanol–water partition coefficient (Wildman–Crippen LogP) is 2.68. The fraction of sp³-hybridized carbons (Fsp3) is 0.429. The van der Waals surface area contributed by atoms with Crippen LogP contribution in [-0.2, 0) is 4.79 Å². The lowest BCUT2D eigenvalue weighted by atomic mass is 9.87. The molecule has 7 nitrogen and oxygen atoms in total. The SMILES string of the molecule is COc1ccc(C2CN(C(=O)c3ccco3)CC2C(=O)NC(C)C)c(OC)c1. The number of nitrogens with zero attached hydrogens (tertiary/aromatic N) is 1. The molecule has 2 unspecified atom stereocenters. The zero-order valence-corrected chi connectivity index (χ0v) is 16.6. The minimum atomic E-state index is -0.386. The number of carbonyl (C=O) groups is 2. The molecule has 2 aromatic rings. The Balaban J connectivity index is 1.93. The molecule has 0 radical (unpaired) electrons. The van der Waals surface area contributed by atoms with Crippen LogP contribution in [0.2, 0.25) is 0 Å². The van der Waals surface area contributed by atoms with Crippen molar-refractivity contribution in [3.05, 3.63) is 47.9 Å². The van der Waals surface area contributed by atoms with Crippen LogP contribution in [-0.4, -0.2) is 50.1 Å². The molecule has 7 heteroatoms. The zero-order chi connectivity index (χ0) is 20.3. The van der Waals surface area contributed by atoms with E-state index in [4.69, 9.17) is 13.9 Å². The van der Waals surface area contributed by atoms with Gasteiger partial charge >= 0.3 is 0 Å². The number of benzene rings is 1. The molecule has 0 aliphatic carbocycles. The van der Waals surface area contributed by atoms with E-state index in [-0.39, 0.29) is 35.5 Å². The van der Waals surface area contributed by atoms with Crippen molar-refractivity contribution in [2.24, 2.45) is 5.92 Å². The van der Waals surface area contributed by atoms with Crippen molar-refractivity contribution in [2.45, 2.75) is 25.8 Å². The lowest BCUT2D eigenvalue weighted by Gasteiger charge is -2.21. The van der Waals surface area contributed by atoms with Crippen LogP contribution in [0.15, 0.2) is 41.0 Å². The van der Waals surface area contributed by atoms with Crippen LogP contribution in [0.3, 0.4) is 0 Å². The maximum atomic E-state index is 12.9. The molecule has 1 aromatic carbocycles. The lowest BCUT2D eigenvalue weighted by Crippen LogP contribution is -2.39. The van der Waals surface area contributed by atoms with Gasteiger partial charge in [0.1, 0.15) is 11.5 Å². The van der Waals surface area contributed by atoms with Crippen LogP contribution < -0.4 is 14.8 Å². The van der Waals surface area contributed by atoms with Gasteiger partial charge in [0, 0.05) is 36.7 Å². The van der Waals surface area contributed by atoms with Crippen molar-refractivity contribution in [2.75, 3.05) is 27.3 Å². The van der Waals surface area contributed by atoms with Gasteiger partial charge in [0.15, 0.2) is 5.76 Å². The Morgan fingerprint density at radius 3 is 2.57 bits per heavy atom. The molecule has 2 atom stereocenters. The summed E-state index contributed by atoms with van der Waals surface area (Å²) < 4.78 is 16.1. The first-order chi connectivity index (χ1) is 13.4. The number of methoxy groups -OCH3 is 2. The summed E-state index contributed by atoms with van der Waals surface area (Å²) in [5.74, 6) is 0.701. The van der Waals surface area contributed by atoms with Crippen molar-refractivity contribution in [3.8, 4) is 11.5 Å². The van der Waals surface area contributed by atoms with Gasteiger partial charge in [0.25, 0.3) is 5.91 Å². The minimum Gasteiger partial charge on any atom is -0.497 e. The van der Waals surface area contributed by atoms with Gasteiger partial charge in [-0.3, -0.25) is 9.59 Å². The highest BCUT2D eigenvalue weighted by Gasteiger charge is 2.42. The second kappa shape index (κ2) is 8.37. The van der Waals surface area contributed by atoms with Crippen molar-refractivity contribution in [1.29, 1.82) is 0 Å². The molecule has 150 valence electrons. The number of carbonyl (C=O) groups excluding carboxylic acids is 2. The zero-order valence-electron chi connectivity index (χ0n) is 16.6. The molecule has 0 spiro atoms. The molecular formula is C21H26N2O5. The average Bonchev–Trinajstić information content (AvgIpc) is 3.36. The normalized spacial score (nSPS) is 19.0. The van der Waals surface area contributed by atoms with E-state index in [0.29, 0.717) is 24.6 Å². The Morgan fingerprint density at radius 2 is 1.96 bits per heavy atom. The number of nitrogens with one attached hydrogen (secondary N) is 1. The van der Waals surface area contributed by atoms with Crippen LogP contribution in [0.25, 0.3) is 0 Å². The highest BCUT2D eigenvalue weighted by Crippen LogP contribution is 2.39. The minimum absolute atomic E-state index is 0.0146. The third-order valence-electron chi connectivity index (χ3n) is 4.95. The standard InChI is InChI=1S/C21H26N2O5/c1-13(2)22-20(24)17-12-23(21(25)18-6-5-9-28-18)11-16(17)15-8-7-14(26-3)10-19(15)27-4/h5-10,13,16-17H,11-12H2,1-4H3,(H,22,24). The third-order valence-corrected chi connectivity index (χ3v) is 4.95. The van der Waals surface area contributed by atoms with E-state index in [2.05, 4.69) is 5.32 Å². The number of hydrogen-bond donors (Lipinski definition) is 1. The fourth-order valence-electron chi connectivity index (χ4n) is 3.62. The van der Waals surface area contributed by atoms with Gasteiger partial charge in [-0.05, 0) is 32.0 Å².